The first-order valence-electron chi connectivity index (χ1n) is 7.09. The van der Waals surface area contributed by atoms with Crippen molar-refractivity contribution in [1.29, 1.82) is 0 Å². The molecule has 2 rings (SSSR count). The van der Waals surface area contributed by atoms with Crippen molar-refractivity contribution in [3.8, 4) is 0 Å². The van der Waals surface area contributed by atoms with Gasteiger partial charge in [0.15, 0.2) is 0 Å². The molecule has 1 saturated heterocycles. The van der Waals surface area contributed by atoms with Gasteiger partial charge in [0, 0.05) is 49.3 Å². The number of nitrogens with zero attached hydrogens (tertiary/aromatic N) is 2. The Morgan fingerprint density at radius 2 is 2.05 bits per heavy atom. The van der Waals surface area contributed by atoms with E-state index in [0.717, 1.165) is 25.2 Å². The summed E-state index contributed by atoms with van der Waals surface area (Å²) in [7, 11) is 1.81. The minimum absolute atomic E-state index is 0.111. The van der Waals surface area contributed by atoms with E-state index in [1.807, 2.05) is 19.2 Å². The minimum atomic E-state index is 0.111. The van der Waals surface area contributed by atoms with Crippen LogP contribution in [-0.4, -0.2) is 55.0 Å². The van der Waals surface area contributed by atoms with Crippen LogP contribution in [0.3, 0.4) is 0 Å². The summed E-state index contributed by atoms with van der Waals surface area (Å²) in [6.45, 7) is 5.87. The number of amides is 1. The van der Waals surface area contributed by atoms with E-state index in [1.54, 1.807) is 11.0 Å². The van der Waals surface area contributed by atoms with Crippen LogP contribution in [0.2, 0.25) is 10.0 Å². The van der Waals surface area contributed by atoms with Crippen LogP contribution in [0.4, 0.5) is 0 Å². The first kappa shape index (κ1) is 16.6. The molecule has 1 amide bonds. The lowest BCUT2D eigenvalue weighted by atomic mass is 10.2. The lowest BCUT2D eigenvalue weighted by molar-refractivity contribution is -0.132. The summed E-state index contributed by atoms with van der Waals surface area (Å²) >= 11 is 12.0. The van der Waals surface area contributed by atoms with Gasteiger partial charge in [-0.3, -0.25) is 9.69 Å². The Morgan fingerprint density at radius 1 is 1.38 bits per heavy atom. The van der Waals surface area contributed by atoms with Gasteiger partial charge in [0.2, 0.25) is 5.91 Å². The van der Waals surface area contributed by atoms with Crippen LogP contribution in [0.25, 0.3) is 0 Å². The molecule has 4 nitrogen and oxygen atoms in total. The van der Waals surface area contributed by atoms with Gasteiger partial charge < -0.3 is 10.2 Å². The third-order valence-electron chi connectivity index (χ3n) is 3.75. The number of piperazine rings is 1. The van der Waals surface area contributed by atoms with E-state index in [9.17, 15) is 4.79 Å². The van der Waals surface area contributed by atoms with Gasteiger partial charge in [-0.25, -0.2) is 0 Å². The SMILES string of the molecule is C[C@@H]1CNCCN1CC(=O)N(C)Cc1cc(Cl)cc(Cl)c1. The molecule has 1 heterocycles. The van der Waals surface area contributed by atoms with E-state index in [-0.39, 0.29) is 5.91 Å². The lowest BCUT2D eigenvalue weighted by Crippen LogP contribution is -2.52. The maximum atomic E-state index is 12.3. The molecule has 0 spiro atoms. The van der Waals surface area contributed by atoms with Gasteiger partial charge in [0.25, 0.3) is 0 Å². The fourth-order valence-electron chi connectivity index (χ4n) is 2.48. The third kappa shape index (κ3) is 4.85. The van der Waals surface area contributed by atoms with Crippen molar-refractivity contribution < 1.29 is 4.79 Å². The molecule has 0 aromatic heterocycles. The fraction of sp³-hybridized carbons (Fsp3) is 0.533. The van der Waals surface area contributed by atoms with Gasteiger partial charge >= 0.3 is 0 Å². The highest BCUT2D eigenvalue weighted by atomic mass is 35.5. The van der Waals surface area contributed by atoms with E-state index < -0.39 is 0 Å². The Bertz CT molecular complexity index is 489. The second-order valence-corrected chi connectivity index (χ2v) is 6.42. The van der Waals surface area contributed by atoms with Crippen LogP contribution >= 0.6 is 23.2 Å². The molecule has 116 valence electrons. The van der Waals surface area contributed by atoms with Gasteiger partial charge in [-0.1, -0.05) is 23.2 Å². The highest BCUT2D eigenvalue weighted by Gasteiger charge is 2.21. The molecule has 6 heteroatoms. The molecule has 21 heavy (non-hydrogen) atoms. The molecule has 1 aliphatic rings. The summed E-state index contributed by atoms with van der Waals surface area (Å²) in [5, 5.41) is 4.51. The number of rotatable bonds is 4. The van der Waals surface area contributed by atoms with E-state index >= 15 is 0 Å². The average molecular weight is 330 g/mol. The van der Waals surface area contributed by atoms with Crippen molar-refractivity contribution in [2.75, 3.05) is 33.2 Å². The number of hydrogen-bond acceptors (Lipinski definition) is 3. The molecular formula is C15H21Cl2N3O. The Kier molecular flexibility index (Phi) is 5.88. The van der Waals surface area contributed by atoms with Crippen LogP contribution < -0.4 is 5.32 Å². The molecule has 1 atom stereocenters. The van der Waals surface area contributed by atoms with Crippen LogP contribution in [-0.2, 0) is 11.3 Å². The van der Waals surface area contributed by atoms with Crippen molar-refractivity contribution in [3.05, 3.63) is 33.8 Å². The molecule has 1 fully saturated rings. The standard InChI is InChI=1S/C15H21Cl2N3O/c1-11-8-18-3-4-20(11)10-15(21)19(2)9-12-5-13(16)7-14(17)6-12/h5-7,11,18H,3-4,8-10H2,1-2H3/t11-/m1/s1. The molecule has 0 aliphatic carbocycles. The number of halogens is 2. The smallest absolute Gasteiger partial charge is 0.236 e. The Morgan fingerprint density at radius 3 is 2.67 bits per heavy atom. The molecule has 0 unspecified atom stereocenters. The fourth-order valence-corrected chi connectivity index (χ4v) is 3.05. The Labute approximate surface area is 136 Å². The first-order valence-corrected chi connectivity index (χ1v) is 7.85. The molecule has 1 aromatic carbocycles. The van der Waals surface area contributed by atoms with Crippen LogP contribution in [0.15, 0.2) is 18.2 Å². The van der Waals surface area contributed by atoms with E-state index in [2.05, 4.69) is 17.1 Å². The summed E-state index contributed by atoms with van der Waals surface area (Å²) in [6, 6.07) is 5.75. The van der Waals surface area contributed by atoms with Crippen molar-refractivity contribution >= 4 is 29.1 Å². The van der Waals surface area contributed by atoms with Crippen molar-refractivity contribution in [2.24, 2.45) is 0 Å². The van der Waals surface area contributed by atoms with E-state index in [0.29, 0.717) is 29.2 Å². The highest BCUT2D eigenvalue weighted by Crippen LogP contribution is 2.20. The maximum Gasteiger partial charge on any atom is 0.236 e. The lowest BCUT2D eigenvalue weighted by Gasteiger charge is -2.34. The first-order chi connectivity index (χ1) is 9.95. The van der Waals surface area contributed by atoms with Gasteiger partial charge in [0.1, 0.15) is 0 Å². The molecule has 1 N–H and O–H groups in total. The number of hydrogen-bond donors (Lipinski definition) is 1. The molecule has 0 bridgehead atoms. The normalized spacial score (nSPS) is 19.5. The summed E-state index contributed by atoms with van der Waals surface area (Å²) in [5.74, 6) is 0.111. The zero-order valence-electron chi connectivity index (χ0n) is 12.4. The van der Waals surface area contributed by atoms with Gasteiger partial charge in [-0.15, -0.1) is 0 Å². The molecule has 1 aliphatic heterocycles. The number of likely N-dealkylation sites (N-methyl/N-ethyl adjacent to an activating group) is 1. The predicted octanol–water partition coefficient (Wildman–Crippen LogP) is 2.25. The van der Waals surface area contributed by atoms with Gasteiger partial charge in [0.05, 0.1) is 6.54 Å². The summed E-state index contributed by atoms with van der Waals surface area (Å²) in [5.41, 5.74) is 0.941. The highest BCUT2D eigenvalue weighted by molar-refractivity contribution is 6.34. The molecule has 1 aromatic rings. The monoisotopic (exact) mass is 329 g/mol. The van der Waals surface area contributed by atoms with E-state index in [4.69, 9.17) is 23.2 Å². The van der Waals surface area contributed by atoms with E-state index in [1.165, 1.54) is 0 Å². The molecule has 0 radical (unpaired) electrons. The second kappa shape index (κ2) is 7.45. The molecule has 0 saturated carbocycles. The van der Waals surface area contributed by atoms with Crippen molar-refractivity contribution in [1.82, 2.24) is 15.1 Å². The summed E-state index contributed by atoms with van der Waals surface area (Å²) in [4.78, 5) is 16.3. The van der Waals surface area contributed by atoms with Crippen LogP contribution in [0, 0.1) is 0 Å². The Balaban J connectivity index is 1.92. The zero-order chi connectivity index (χ0) is 15.4. The predicted molar refractivity (Wildman–Crippen MR) is 86.8 cm³/mol. The largest absolute Gasteiger partial charge is 0.340 e. The number of nitrogens with one attached hydrogen (secondary N) is 1. The maximum absolute atomic E-state index is 12.3. The summed E-state index contributed by atoms with van der Waals surface area (Å²) < 4.78 is 0. The second-order valence-electron chi connectivity index (χ2n) is 5.55. The van der Waals surface area contributed by atoms with Crippen LogP contribution in [0.1, 0.15) is 12.5 Å². The van der Waals surface area contributed by atoms with Crippen LogP contribution in [0.5, 0.6) is 0 Å². The Hall–Kier alpha value is -0.810. The van der Waals surface area contributed by atoms with Crippen molar-refractivity contribution in [3.63, 3.8) is 0 Å². The third-order valence-corrected chi connectivity index (χ3v) is 4.18. The quantitative estimate of drug-likeness (QED) is 0.920. The number of carbonyl (C=O) groups excluding carboxylic acids is 1. The number of benzene rings is 1. The van der Waals surface area contributed by atoms with Gasteiger partial charge in [-0.05, 0) is 30.7 Å². The topological polar surface area (TPSA) is 35.6 Å². The summed E-state index contributed by atoms with van der Waals surface area (Å²) in [6.07, 6.45) is 0. The molecular weight excluding hydrogens is 309 g/mol. The minimum Gasteiger partial charge on any atom is -0.340 e. The zero-order valence-corrected chi connectivity index (χ0v) is 13.9. The number of carbonyl (C=O) groups is 1. The van der Waals surface area contributed by atoms with Crippen molar-refractivity contribution in [2.45, 2.75) is 19.5 Å². The average Bonchev–Trinajstić information content (AvgIpc) is 2.40. The van der Waals surface area contributed by atoms with Gasteiger partial charge in [-0.2, -0.15) is 0 Å².